The lowest BCUT2D eigenvalue weighted by Gasteiger charge is -2.27. The summed E-state index contributed by atoms with van der Waals surface area (Å²) in [6.07, 6.45) is 4.69. The monoisotopic (exact) mass is 347 g/mol. The molecule has 132 valence electrons. The summed E-state index contributed by atoms with van der Waals surface area (Å²) in [4.78, 5) is 11.5. The van der Waals surface area contributed by atoms with Gasteiger partial charge in [0, 0.05) is 37.8 Å². The summed E-state index contributed by atoms with van der Waals surface area (Å²) in [6, 6.07) is 8.41. The average molecular weight is 347 g/mol. The molecule has 2 aliphatic rings. The van der Waals surface area contributed by atoms with Gasteiger partial charge in [0.05, 0.1) is 36.4 Å². The second-order valence-corrected chi connectivity index (χ2v) is 7.01. The maximum Gasteiger partial charge on any atom is 0.140 e. The molecule has 0 amide bonds. The SMILES string of the molecule is Cc1cccnc1-c1cc2n(n1)CCN(Cc1cc3c(cn1)OCC3)C2. The molecule has 0 N–H and O–H groups in total. The zero-order chi connectivity index (χ0) is 17.5. The van der Waals surface area contributed by atoms with E-state index >= 15 is 0 Å². The Labute approximate surface area is 152 Å². The van der Waals surface area contributed by atoms with Crippen molar-refractivity contribution in [3.8, 4) is 17.1 Å². The Hall–Kier alpha value is -2.73. The van der Waals surface area contributed by atoms with Gasteiger partial charge < -0.3 is 4.74 Å². The summed E-state index contributed by atoms with van der Waals surface area (Å²) in [7, 11) is 0. The van der Waals surface area contributed by atoms with E-state index < -0.39 is 0 Å². The Bertz CT molecular complexity index is 965. The molecule has 0 saturated heterocycles. The number of fused-ring (bicyclic) bond motifs is 2. The third-order valence-corrected chi connectivity index (χ3v) is 5.15. The van der Waals surface area contributed by atoms with Crippen molar-refractivity contribution in [1.29, 1.82) is 0 Å². The number of pyridine rings is 2. The number of ether oxygens (including phenoxy) is 1. The highest BCUT2D eigenvalue weighted by atomic mass is 16.5. The van der Waals surface area contributed by atoms with Gasteiger partial charge in [0.1, 0.15) is 11.4 Å². The molecule has 3 aromatic heterocycles. The fraction of sp³-hybridized carbons (Fsp3) is 0.350. The third kappa shape index (κ3) is 2.76. The molecule has 6 heteroatoms. The number of aromatic nitrogens is 4. The molecule has 6 nitrogen and oxygen atoms in total. The van der Waals surface area contributed by atoms with Crippen molar-refractivity contribution in [2.75, 3.05) is 13.2 Å². The summed E-state index contributed by atoms with van der Waals surface area (Å²) in [5.41, 5.74) is 6.73. The van der Waals surface area contributed by atoms with Crippen LogP contribution >= 0.6 is 0 Å². The van der Waals surface area contributed by atoms with Crippen LogP contribution in [0.2, 0.25) is 0 Å². The van der Waals surface area contributed by atoms with E-state index in [9.17, 15) is 0 Å². The first-order valence-electron chi connectivity index (χ1n) is 9.08. The highest BCUT2D eigenvalue weighted by Crippen LogP contribution is 2.26. The largest absolute Gasteiger partial charge is 0.491 e. The van der Waals surface area contributed by atoms with Gasteiger partial charge in [0.15, 0.2) is 0 Å². The van der Waals surface area contributed by atoms with E-state index in [-0.39, 0.29) is 0 Å². The predicted molar refractivity (Wildman–Crippen MR) is 97.7 cm³/mol. The molecular weight excluding hydrogens is 326 g/mol. The lowest BCUT2D eigenvalue weighted by Crippen LogP contribution is -2.33. The lowest BCUT2D eigenvalue weighted by atomic mass is 10.1. The molecule has 0 radical (unpaired) electrons. The summed E-state index contributed by atoms with van der Waals surface area (Å²) in [5.74, 6) is 0.945. The lowest BCUT2D eigenvalue weighted by molar-refractivity contribution is 0.203. The fourth-order valence-corrected chi connectivity index (χ4v) is 3.77. The maximum absolute atomic E-state index is 5.55. The molecule has 0 atom stereocenters. The smallest absolute Gasteiger partial charge is 0.140 e. The van der Waals surface area contributed by atoms with E-state index in [1.807, 2.05) is 18.5 Å². The molecule has 5 rings (SSSR count). The Balaban J connectivity index is 1.35. The van der Waals surface area contributed by atoms with Crippen LogP contribution < -0.4 is 4.74 Å². The van der Waals surface area contributed by atoms with Crippen molar-refractivity contribution >= 4 is 0 Å². The first-order chi connectivity index (χ1) is 12.8. The minimum atomic E-state index is 0.777. The summed E-state index contributed by atoms with van der Waals surface area (Å²) in [6.45, 7) is 6.47. The van der Waals surface area contributed by atoms with Crippen LogP contribution in [0.15, 0.2) is 36.7 Å². The van der Waals surface area contributed by atoms with Gasteiger partial charge in [-0.2, -0.15) is 5.10 Å². The zero-order valence-electron chi connectivity index (χ0n) is 14.9. The standard InChI is InChI=1S/C20H21N5O/c1-14-3-2-5-21-20(14)18-10-17-13-24(6-7-25(17)23-18)12-16-9-15-4-8-26-19(15)11-22-16/h2-3,5,9-11H,4,6-8,12-13H2,1H3. The van der Waals surface area contributed by atoms with Crippen molar-refractivity contribution in [1.82, 2.24) is 24.6 Å². The van der Waals surface area contributed by atoms with E-state index in [0.29, 0.717) is 0 Å². The minimum Gasteiger partial charge on any atom is -0.491 e. The number of nitrogens with zero attached hydrogens (tertiary/aromatic N) is 5. The van der Waals surface area contributed by atoms with Gasteiger partial charge in [-0.15, -0.1) is 0 Å². The number of hydrogen-bond donors (Lipinski definition) is 0. The van der Waals surface area contributed by atoms with Crippen LogP contribution in [0, 0.1) is 6.92 Å². The second-order valence-electron chi connectivity index (χ2n) is 7.01. The highest BCUT2D eigenvalue weighted by molar-refractivity contribution is 5.58. The van der Waals surface area contributed by atoms with Gasteiger partial charge in [-0.25, -0.2) is 0 Å². The van der Waals surface area contributed by atoms with E-state index in [0.717, 1.165) is 67.6 Å². The molecule has 0 aliphatic carbocycles. The van der Waals surface area contributed by atoms with E-state index in [1.165, 1.54) is 11.3 Å². The first kappa shape index (κ1) is 15.5. The molecule has 0 bridgehead atoms. The van der Waals surface area contributed by atoms with Crippen LogP contribution in [0.5, 0.6) is 5.75 Å². The van der Waals surface area contributed by atoms with Crippen molar-refractivity contribution in [3.05, 3.63) is 59.2 Å². The normalized spacial score (nSPS) is 16.2. The van der Waals surface area contributed by atoms with Crippen molar-refractivity contribution in [2.45, 2.75) is 33.0 Å². The molecule has 0 spiro atoms. The number of hydrogen-bond acceptors (Lipinski definition) is 5. The van der Waals surface area contributed by atoms with E-state index in [4.69, 9.17) is 9.84 Å². The van der Waals surface area contributed by atoms with Crippen LogP contribution in [0.25, 0.3) is 11.4 Å². The van der Waals surface area contributed by atoms with E-state index in [2.05, 4.69) is 44.7 Å². The Morgan fingerprint density at radius 3 is 3.08 bits per heavy atom. The predicted octanol–water partition coefficient (Wildman–Crippen LogP) is 2.60. The van der Waals surface area contributed by atoms with Crippen LogP contribution in [0.1, 0.15) is 22.5 Å². The highest BCUT2D eigenvalue weighted by Gasteiger charge is 2.21. The van der Waals surface area contributed by atoms with Gasteiger partial charge in [-0.1, -0.05) is 6.07 Å². The van der Waals surface area contributed by atoms with Crippen LogP contribution in [-0.2, 0) is 26.1 Å². The zero-order valence-corrected chi connectivity index (χ0v) is 14.9. The molecule has 3 aromatic rings. The Morgan fingerprint density at radius 2 is 2.15 bits per heavy atom. The molecule has 2 aliphatic heterocycles. The summed E-state index contributed by atoms with van der Waals surface area (Å²) in [5, 5.41) is 4.77. The molecular formula is C20H21N5O. The quantitative estimate of drug-likeness (QED) is 0.729. The average Bonchev–Trinajstić information content (AvgIpc) is 3.27. The van der Waals surface area contributed by atoms with Gasteiger partial charge >= 0.3 is 0 Å². The Kier molecular flexibility index (Phi) is 3.71. The molecule has 0 saturated carbocycles. The molecule has 0 unspecified atom stereocenters. The summed E-state index contributed by atoms with van der Waals surface area (Å²) >= 11 is 0. The minimum absolute atomic E-state index is 0.777. The van der Waals surface area contributed by atoms with Gasteiger partial charge in [-0.3, -0.25) is 19.5 Å². The first-order valence-corrected chi connectivity index (χ1v) is 9.08. The van der Waals surface area contributed by atoms with Gasteiger partial charge in [0.25, 0.3) is 0 Å². The van der Waals surface area contributed by atoms with Crippen LogP contribution in [-0.4, -0.2) is 37.8 Å². The maximum atomic E-state index is 5.55. The Morgan fingerprint density at radius 1 is 1.19 bits per heavy atom. The van der Waals surface area contributed by atoms with Crippen molar-refractivity contribution < 1.29 is 4.74 Å². The number of rotatable bonds is 3. The van der Waals surface area contributed by atoms with E-state index in [1.54, 1.807) is 0 Å². The van der Waals surface area contributed by atoms with Gasteiger partial charge in [0.2, 0.25) is 0 Å². The third-order valence-electron chi connectivity index (χ3n) is 5.15. The van der Waals surface area contributed by atoms with Crippen LogP contribution in [0.3, 0.4) is 0 Å². The second kappa shape index (κ2) is 6.21. The molecule has 0 fully saturated rings. The van der Waals surface area contributed by atoms with Gasteiger partial charge in [-0.05, 0) is 30.7 Å². The number of aryl methyl sites for hydroxylation is 1. The topological polar surface area (TPSA) is 56.1 Å². The van der Waals surface area contributed by atoms with Crippen LogP contribution in [0.4, 0.5) is 0 Å². The molecule has 0 aromatic carbocycles. The molecule has 26 heavy (non-hydrogen) atoms. The fourth-order valence-electron chi connectivity index (χ4n) is 3.77. The van der Waals surface area contributed by atoms with Crippen molar-refractivity contribution in [3.63, 3.8) is 0 Å². The molecule has 5 heterocycles. The van der Waals surface area contributed by atoms with Crippen molar-refractivity contribution in [2.24, 2.45) is 0 Å². The summed E-state index contributed by atoms with van der Waals surface area (Å²) < 4.78 is 7.67.